The van der Waals surface area contributed by atoms with Crippen molar-refractivity contribution >= 4 is 21.6 Å². The maximum atomic E-state index is 12.7. The smallest absolute Gasteiger partial charge is 0.243 e. The highest BCUT2D eigenvalue weighted by atomic mass is 32.2. The first-order valence-corrected chi connectivity index (χ1v) is 10.3. The van der Waals surface area contributed by atoms with E-state index in [4.69, 9.17) is 6.42 Å². The van der Waals surface area contributed by atoms with Gasteiger partial charge in [0.25, 0.3) is 0 Å². The van der Waals surface area contributed by atoms with Gasteiger partial charge in [-0.2, -0.15) is 4.31 Å². The predicted molar refractivity (Wildman–Crippen MR) is 106 cm³/mol. The van der Waals surface area contributed by atoms with E-state index in [9.17, 15) is 13.2 Å². The van der Waals surface area contributed by atoms with Crippen LogP contribution in [-0.2, 0) is 14.8 Å². The summed E-state index contributed by atoms with van der Waals surface area (Å²) in [7, 11) is -3.52. The first-order chi connectivity index (χ1) is 12.9. The average molecular weight is 382 g/mol. The van der Waals surface area contributed by atoms with Gasteiger partial charge in [-0.25, -0.2) is 8.42 Å². The van der Waals surface area contributed by atoms with Crippen molar-refractivity contribution in [3.8, 4) is 12.3 Å². The van der Waals surface area contributed by atoms with Crippen molar-refractivity contribution in [1.82, 2.24) is 4.31 Å². The van der Waals surface area contributed by atoms with Crippen LogP contribution in [0.4, 0.5) is 5.69 Å². The number of nitrogens with zero attached hydrogens (tertiary/aromatic N) is 1. The molecule has 0 aromatic heterocycles. The van der Waals surface area contributed by atoms with Gasteiger partial charge in [-0.05, 0) is 50.1 Å². The van der Waals surface area contributed by atoms with Crippen molar-refractivity contribution < 1.29 is 13.2 Å². The second-order valence-corrected chi connectivity index (χ2v) is 8.64. The number of benzene rings is 2. The third-order valence-electron chi connectivity index (χ3n) is 4.78. The Bertz CT molecular complexity index is 967. The molecule has 0 atom stereocenters. The van der Waals surface area contributed by atoms with Crippen LogP contribution >= 0.6 is 0 Å². The van der Waals surface area contributed by atoms with Gasteiger partial charge in [0.1, 0.15) is 0 Å². The van der Waals surface area contributed by atoms with Crippen LogP contribution in [0.25, 0.3) is 0 Å². The molecule has 1 heterocycles. The second-order valence-electron chi connectivity index (χ2n) is 6.71. The highest BCUT2D eigenvalue weighted by Crippen LogP contribution is 2.25. The van der Waals surface area contributed by atoms with Crippen molar-refractivity contribution in [3.63, 3.8) is 0 Å². The number of carbonyl (C=O) groups is 1. The van der Waals surface area contributed by atoms with E-state index in [0.717, 1.165) is 5.56 Å². The average Bonchev–Trinajstić information content (AvgIpc) is 2.68. The fraction of sp³-hybridized carbons (Fsp3) is 0.286. The molecule has 1 saturated heterocycles. The SMILES string of the molecule is C#Cc1cccc(NC(=O)C2CCN(S(=O)(=O)c3ccc(C)cc3)CC2)c1. The Morgan fingerprint density at radius 1 is 1.15 bits per heavy atom. The molecule has 1 fully saturated rings. The Hall–Kier alpha value is -2.62. The van der Waals surface area contributed by atoms with Gasteiger partial charge in [0, 0.05) is 30.3 Å². The number of sulfonamides is 1. The van der Waals surface area contributed by atoms with Gasteiger partial charge in [0.05, 0.1) is 4.90 Å². The van der Waals surface area contributed by atoms with E-state index in [1.807, 2.05) is 6.92 Å². The molecule has 1 aliphatic rings. The van der Waals surface area contributed by atoms with Gasteiger partial charge < -0.3 is 5.32 Å². The molecule has 0 bridgehead atoms. The number of terminal acetylenes is 1. The molecule has 6 heteroatoms. The number of aryl methyl sites for hydroxylation is 1. The molecule has 140 valence electrons. The molecular formula is C21H22N2O3S. The molecule has 0 unspecified atom stereocenters. The molecule has 0 radical (unpaired) electrons. The summed E-state index contributed by atoms with van der Waals surface area (Å²) < 4.78 is 26.9. The summed E-state index contributed by atoms with van der Waals surface area (Å²) in [6.07, 6.45) is 6.36. The lowest BCUT2D eigenvalue weighted by atomic mass is 9.97. The molecule has 27 heavy (non-hydrogen) atoms. The molecule has 1 amide bonds. The van der Waals surface area contributed by atoms with Crippen molar-refractivity contribution in [3.05, 3.63) is 59.7 Å². The Morgan fingerprint density at radius 3 is 2.44 bits per heavy atom. The summed E-state index contributed by atoms with van der Waals surface area (Å²) in [5, 5.41) is 2.88. The van der Waals surface area contributed by atoms with Crippen LogP contribution in [0, 0.1) is 25.2 Å². The lowest BCUT2D eigenvalue weighted by molar-refractivity contribution is -0.120. The molecule has 1 N–H and O–H groups in total. The summed E-state index contributed by atoms with van der Waals surface area (Å²) in [6, 6.07) is 14.0. The van der Waals surface area contributed by atoms with Crippen LogP contribution in [0.1, 0.15) is 24.0 Å². The van der Waals surface area contributed by atoms with Gasteiger partial charge in [-0.3, -0.25) is 4.79 Å². The van der Waals surface area contributed by atoms with E-state index >= 15 is 0 Å². The molecule has 2 aromatic carbocycles. The van der Waals surface area contributed by atoms with E-state index in [1.165, 1.54) is 4.31 Å². The highest BCUT2D eigenvalue weighted by Gasteiger charge is 2.32. The minimum absolute atomic E-state index is 0.100. The zero-order valence-electron chi connectivity index (χ0n) is 15.2. The maximum absolute atomic E-state index is 12.7. The highest BCUT2D eigenvalue weighted by molar-refractivity contribution is 7.89. The fourth-order valence-electron chi connectivity index (χ4n) is 3.15. The van der Waals surface area contributed by atoms with Gasteiger partial charge >= 0.3 is 0 Å². The minimum atomic E-state index is -3.52. The number of hydrogen-bond donors (Lipinski definition) is 1. The quantitative estimate of drug-likeness (QED) is 0.827. The Labute approximate surface area is 160 Å². The molecule has 0 saturated carbocycles. The van der Waals surface area contributed by atoms with E-state index in [0.29, 0.717) is 42.1 Å². The standard InChI is InChI=1S/C21H22N2O3S/c1-3-17-5-4-6-19(15-17)22-21(24)18-11-13-23(14-12-18)27(25,26)20-9-7-16(2)8-10-20/h1,4-10,15,18H,11-14H2,2H3,(H,22,24). The van der Waals surface area contributed by atoms with Crippen molar-refractivity contribution in [2.75, 3.05) is 18.4 Å². The summed E-state index contributed by atoms with van der Waals surface area (Å²) >= 11 is 0. The fourth-order valence-corrected chi connectivity index (χ4v) is 4.62. The molecule has 3 rings (SSSR count). The zero-order valence-corrected chi connectivity index (χ0v) is 16.0. The lowest BCUT2D eigenvalue weighted by Crippen LogP contribution is -2.41. The Morgan fingerprint density at radius 2 is 1.81 bits per heavy atom. The molecule has 0 spiro atoms. The topological polar surface area (TPSA) is 66.5 Å². The second kappa shape index (κ2) is 7.95. The number of carbonyl (C=O) groups excluding carboxylic acids is 1. The number of amides is 1. The number of rotatable bonds is 4. The lowest BCUT2D eigenvalue weighted by Gasteiger charge is -2.30. The number of nitrogens with one attached hydrogen (secondary N) is 1. The molecule has 0 aliphatic carbocycles. The predicted octanol–water partition coefficient (Wildman–Crippen LogP) is 3.02. The first kappa shape index (κ1) is 19.2. The normalized spacial score (nSPS) is 15.9. The summed E-state index contributed by atoms with van der Waals surface area (Å²) in [5.74, 6) is 2.22. The van der Waals surface area contributed by atoms with Crippen LogP contribution in [-0.4, -0.2) is 31.7 Å². The van der Waals surface area contributed by atoms with Crippen LogP contribution in [0.2, 0.25) is 0 Å². The third kappa shape index (κ3) is 4.38. The molecular weight excluding hydrogens is 360 g/mol. The molecule has 5 nitrogen and oxygen atoms in total. The summed E-state index contributed by atoms with van der Waals surface area (Å²) in [6.45, 7) is 2.58. The number of piperidine rings is 1. The Kier molecular flexibility index (Phi) is 5.64. The van der Waals surface area contributed by atoms with Crippen molar-refractivity contribution in [1.29, 1.82) is 0 Å². The summed E-state index contributed by atoms with van der Waals surface area (Å²) in [5.41, 5.74) is 2.37. The first-order valence-electron chi connectivity index (χ1n) is 8.84. The van der Waals surface area contributed by atoms with E-state index < -0.39 is 10.0 Å². The largest absolute Gasteiger partial charge is 0.326 e. The summed E-state index contributed by atoms with van der Waals surface area (Å²) in [4.78, 5) is 12.8. The van der Waals surface area contributed by atoms with E-state index in [1.54, 1.807) is 48.5 Å². The molecule has 1 aliphatic heterocycles. The monoisotopic (exact) mass is 382 g/mol. The third-order valence-corrected chi connectivity index (χ3v) is 6.69. The Balaban J connectivity index is 1.62. The number of anilines is 1. The minimum Gasteiger partial charge on any atom is -0.326 e. The van der Waals surface area contributed by atoms with Crippen molar-refractivity contribution in [2.45, 2.75) is 24.7 Å². The van der Waals surface area contributed by atoms with E-state index in [2.05, 4.69) is 11.2 Å². The van der Waals surface area contributed by atoms with Gasteiger partial charge in [0.2, 0.25) is 15.9 Å². The van der Waals surface area contributed by atoms with Crippen molar-refractivity contribution in [2.24, 2.45) is 5.92 Å². The van der Waals surface area contributed by atoms with Gasteiger partial charge in [-0.1, -0.05) is 29.7 Å². The van der Waals surface area contributed by atoms with E-state index in [-0.39, 0.29) is 11.8 Å². The van der Waals surface area contributed by atoms with Crippen LogP contribution in [0.15, 0.2) is 53.4 Å². The van der Waals surface area contributed by atoms with Crippen LogP contribution < -0.4 is 5.32 Å². The maximum Gasteiger partial charge on any atom is 0.243 e. The van der Waals surface area contributed by atoms with Gasteiger partial charge in [0.15, 0.2) is 0 Å². The number of hydrogen-bond acceptors (Lipinski definition) is 3. The zero-order chi connectivity index (χ0) is 19.4. The van der Waals surface area contributed by atoms with Crippen LogP contribution in [0.3, 0.4) is 0 Å². The van der Waals surface area contributed by atoms with Crippen LogP contribution in [0.5, 0.6) is 0 Å². The van der Waals surface area contributed by atoms with Gasteiger partial charge in [-0.15, -0.1) is 6.42 Å². The molecule has 2 aromatic rings.